The number of aromatic nitrogens is 3. The summed E-state index contributed by atoms with van der Waals surface area (Å²) in [6.45, 7) is 6.35. The molecule has 0 saturated heterocycles. The Morgan fingerprint density at radius 2 is 1.84 bits per heavy atom. The van der Waals surface area contributed by atoms with Crippen molar-refractivity contribution in [3.63, 3.8) is 0 Å². The van der Waals surface area contributed by atoms with E-state index in [0.717, 1.165) is 17.8 Å². The molecule has 3 rings (SSSR count). The second-order valence-corrected chi connectivity index (χ2v) is 5.12. The van der Waals surface area contributed by atoms with E-state index in [4.69, 9.17) is 0 Å². The molecule has 1 aromatic heterocycles. The van der Waals surface area contributed by atoms with E-state index in [1.54, 1.807) is 0 Å². The Morgan fingerprint density at radius 3 is 2.47 bits per heavy atom. The zero-order valence-electron chi connectivity index (χ0n) is 11.5. The summed E-state index contributed by atoms with van der Waals surface area (Å²) in [6, 6.07) is 4.36. The topological polar surface area (TPSA) is 30.7 Å². The first-order chi connectivity index (χ1) is 9.15. The lowest BCUT2D eigenvalue weighted by molar-refractivity contribution is 0.792. The molecular weight excluding hydrogens is 234 g/mol. The highest BCUT2D eigenvalue weighted by Crippen LogP contribution is 2.24. The fraction of sp³-hybridized carbons (Fsp3) is 0.250. The van der Waals surface area contributed by atoms with Gasteiger partial charge in [-0.3, -0.25) is 0 Å². The van der Waals surface area contributed by atoms with Crippen LogP contribution < -0.4 is 0 Å². The maximum Gasteiger partial charge on any atom is 0.109 e. The van der Waals surface area contributed by atoms with Crippen LogP contribution in [-0.4, -0.2) is 15.0 Å². The van der Waals surface area contributed by atoms with Crippen LogP contribution in [0.2, 0.25) is 0 Å². The Labute approximate surface area is 113 Å². The van der Waals surface area contributed by atoms with Gasteiger partial charge in [-0.1, -0.05) is 41.1 Å². The Hall–Kier alpha value is -2.16. The molecular formula is C16H17N3. The Balaban J connectivity index is 2.04. The zero-order valence-corrected chi connectivity index (χ0v) is 11.5. The number of rotatable bonds is 2. The molecule has 0 N–H and O–H groups in total. The number of nitrogens with zero attached hydrogens (tertiary/aromatic N) is 3. The van der Waals surface area contributed by atoms with Gasteiger partial charge in [-0.2, -0.15) is 0 Å². The van der Waals surface area contributed by atoms with Crippen LogP contribution in [0.15, 0.2) is 36.6 Å². The molecule has 3 heteroatoms. The minimum atomic E-state index is 0.949. The van der Waals surface area contributed by atoms with E-state index in [1.807, 2.05) is 10.9 Å². The van der Waals surface area contributed by atoms with E-state index in [9.17, 15) is 0 Å². The van der Waals surface area contributed by atoms with Crippen molar-refractivity contribution < 1.29 is 0 Å². The van der Waals surface area contributed by atoms with Gasteiger partial charge in [-0.25, -0.2) is 4.68 Å². The molecule has 0 atom stereocenters. The van der Waals surface area contributed by atoms with Gasteiger partial charge in [0, 0.05) is 0 Å². The van der Waals surface area contributed by atoms with Crippen molar-refractivity contribution in [2.45, 2.75) is 27.2 Å². The summed E-state index contributed by atoms with van der Waals surface area (Å²) >= 11 is 0. The van der Waals surface area contributed by atoms with Crippen molar-refractivity contribution in [3.05, 3.63) is 58.9 Å². The molecule has 1 heterocycles. The number of hydrogen-bond acceptors (Lipinski definition) is 2. The molecule has 0 bridgehead atoms. The average Bonchev–Trinajstić information content (AvgIpc) is 2.97. The van der Waals surface area contributed by atoms with E-state index >= 15 is 0 Å². The minimum Gasteiger partial charge on any atom is -0.220 e. The highest BCUT2D eigenvalue weighted by atomic mass is 15.4. The molecule has 96 valence electrons. The van der Waals surface area contributed by atoms with Gasteiger partial charge in [0.05, 0.1) is 11.9 Å². The van der Waals surface area contributed by atoms with E-state index in [2.05, 4.69) is 61.4 Å². The van der Waals surface area contributed by atoms with Crippen molar-refractivity contribution in [2.24, 2.45) is 0 Å². The second kappa shape index (κ2) is 4.50. The minimum absolute atomic E-state index is 0.949. The molecule has 3 nitrogen and oxygen atoms in total. The summed E-state index contributed by atoms with van der Waals surface area (Å²) in [4.78, 5) is 0. The molecule has 2 aromatic rings. The van der Waals surface area contributed by atoms with Gasteiger partial charge in [0.2, 0.25) is 0 Å². The van der Waals surface area contributed by atoms with Gasteiger partial charge in [0.25, 0.3) is 0 Å². The highest BCUT2D eigenvalue weighted by molar-refractivity contribution is 5.68. The number of hydrogen-bond donors (Lipinski definition) is 0. The third-order valence-corrected chi connectivity index (χ3v) is 3.46. The summed E-state index contributed by atoms with van der Waals surface area (Å²) in [5, 5.41) is 8.56. The van der Waals surface area contributed by atoms with Crippen LogP contribution in [0.25, 0.3) is 11.3 Å². The lowest BCUT2D eigenvalue weighted by Crippen LogP contribution is -2.01. The third kappa shape index (κ3) is 2.12. The van der Waals surface area contributed by atoms with E-state index in [0.29, 0.717) is 0 Å². The molecule has 0 spiro atoms. The SMILES string of the molecule is Cc1cc(C)c(-n2cc(C3=CC=CC3)nn2)c(C)c1. The third-order valence-electron chi connectivity index (χ3n) is 3.46. The number of allylic oxidation sites excluding steroid dienone is 4. The quantitative estimate of drug-likeness (QED) is 0.817. The Morgan fingerprint density at radius 1 is 1.11 bits per heavy atom. The molecule has 0 fully saturated rings. The Kier molecular flexibility index (Phi) is 2.82. The maximum absolute atomic E-state index is 4.28. The normalized spacial score (nSPS) is 13.9. The van der Waals surface area contributed by atoms with Crippen molar-refractivity contribution in [3.8, 4) is 5.69 Å². The summed E-state index contributed by atoms with van der Waals surface area (Å²) in [7, 11) is 0. The van der Waals surface area contributed by atoms with Gasteiger partial charge in [0.1, 0.15) is 5.69 Å². The fourth-order valence-corrected chi connectivity index (χ4v) is 2.69. The first-order valence-corrected chi connectivity index (χ1v) is 6.52. The average molecular weight is 251 g/mol. The molecule has 1 aliphatic carbocycles. The molecule has 0 aliphatic heterocycles. The fourth-order valence-electron chi connectivity index (χ4n) is 2.69. The first kappa shape index (κ1) is 11.9. The maximum atomic E-state index is 4.28. The monoisotopic (exact) mass is 251 g/mol. The van der Waals surface area contributed by atoms with Crippen LogP contribution in [0, 0.1) is 20.8 Å². The molecule has 1 aromatic carbocycles. The summed E-state index contributed by atoms with van der Waals surface area (Å²) in [6.07, 6.45) is 9.27. The largest absolute Gasteiger partial charge is 0.220 e. The predicted octanol–water partition coefficient (Wildman–Crippen LogP) is 3.54. The van der Waals surface area contributed by atoms with Crippen LogP contribution in [0.1, 0.15) is 28.8 Å². The van der Waals surface area contributed by atoms with Crippen molar-refractivity contribution in [1.82, 2.24) is 15.0 Å². The van der Waals surface area contributed by atoms with Crippen LogP contribution in [0.5, 0.6) is 0 Å². The van der Waals surface area contributed by atoms with E-state index < -0.39 is 0 Å². The lowest BCUT2D eigenvalue weighted by atomic mass is 10.1. The number of benzene rings is 1. The zero-order chi connectivity index (χ0) is 13.4. The summed E-state index contributed by atoms with van der Waals surface area (Å²) < 4.78 is 1.89. The van der Waals surface area contributed by atoms with Gasteiger partial charge < -0.3 is 0 Å². The molecule has 0 radical (unpaired) electrons. The molecule has 0 unspecified atom stereocenters. The standard InChI is InChI=1S/C16H17N3/c1-11-8-12(2)16(13(3)9-11)19-10-15(17-18-19)14-6-4-5-7-14/h4-6,8-10H,7H2,1-3H3. The van der Waals surface area contributed by atoms with Crippen molar-refractivity contribution in [1.29, 1.82) is 0 Å². The Bertz CT molecular complexity index is 667. The van der Waals surface area contributed by atoms with Crippen LogP contribution in [-0.2, 0) is 0 Å². The van der Waals surface area contributed by atoms with Gasteiger partial charge in [-0.15, -0.1) is 5.10 Å². The molecule has 19 heavy (non-hydrogen) atoms. The van der Waals surface area contributed by atoms with Gasteiger partial charge in [-0.05, 0) is 43.9 Å². The van der Waals surface area contributed by atoms with Crippen molar-refractivity contribution >= 4 is 5.57 Å². The molecule has 0 amide bonds. The predicted molar refractivity (Wildman–Crippen MR) is 77.3 cm³/mol. The van der Waals surface area contributed by atoms with Gasteiger partial charge in [0.15, 0.2) is 0 Å². The lowest BCUT2D eigenvalue weighted by Gasteiger charge is -2.10. The smallest absolute Gasteiger partial charge is 0.109 e. The highest BCUT2D eigenvalue weighted by Gasteiger charge is 2.12. The van der Waals surface area contributed by atoms with Crippen LogP contribution in [0.4, 0.5) is 0 Å². The van der Waals surface area contributed by atoms with Gasteiger partial charge >= 0.3 is 0 Å². The first-order valence-electron chi connectivity index (χ1n) is 6.52. The summed E-state index contributed by atoms with van der Waals surface area (Å²) in [5.41, 5.74) is 7.07. The second-order valence-electron chi connectivity index (χ2n) is 5.12. The summed E-state index contributed by atoms with van der Waals surface area (Å²) in [5.74, 6) is 0. The van der Waals surface area contributed by atoms with Crippen LogP contribution >= 0.6 is 0 Å². The van der Waals surface area contributed by atoms with Crippen LogP contribution in [0.3, 0.4) is 0 Å². The molecule has 1 aliphatic rings. The van der Waals surface area contributed by atoms with E-state index in [-0.39, 0.29) is 0 Å². The molecule has 0 saturated carbocycles. The van der Waals surface area contributed by atoms with Crippen molar-refractivity contribution in [2.75, 3.05) is 0 Å². The number of aryl methyl sites for hydroxylation is 3. The van der Waals surface area contributed by atoms with E-state index in [1.165, 1.54) is 22.3 Å².